The second-order valence-corrected chi connectivity index (χ2v) is 3.12. The molecule has 100 valence electrons. The van der Waals surface area contributed by atoms with Crippen LogP contribution in [0.3, 0.4) is 0 Å². The van der Waals surface area contributed by atoms with E-state index in [0.717, 1.165) is 6.07 Å². The molecule has 18 heavy (non-hydrogen) atoms. The molecule has 0 saturated carbocycles. The number of hydrogen-bond donors (Lipinski definition) is 0. The van der Waals surface area contributed by atoms with Crippen molar-refractivity contribution in [3.05, 3.63) is 23.9 Å². The van der Waals surface area contributed by atoms with Gasteiger partial charge >= 0.3 is 12.4 Å². The van der Waals surface area contributed by atoms with Crippen molar-refractivity contribution in [2.75, 3.05) is 6.61 Å². The molecule has 9 heteroatoms. The Morgan fingerprint density at radius 1 is 1.17 bits per heavy atom. The van der Waals surface area contributed by atoms with E-state index in [2.05, 4.69) is 9.72 Å². The van der Waals surface area contributed by atoms with Gasteiger partial charge in [-0.25, -0.2) is 4.98 Å². The van der Waals surface area contributed by atoms with Crippen LogP contribution in [0.2, 0.25) is 0 Å². The maximum Gasteiger partial charge on any atom is 0.454 e. The van der Waals surface area contributed by atoms with Gasteiger partial charge in [-0.1, -0.05) is 0 Å². The molecule has 0 spiro atoms. The molecule has 0 unspecified atom stereocenters. The van der Waals surface area contributed by atoms with Crippen molar-refractivity contribution in [3.63, 3.8) is 0 Å². The van der Waals surface area contributed by atoms with Gasteiger partial charge in [0.05, 0.1) is 0 Å². The topological polar surface area (TPSA) is 39.2 Å². The highest BCUT2D eigenvalue weighted by atomic mass is 19.4. The second kappa shape index (κ2) is 4.83. The SMILES string of the molecule is O=C(c1ccc(OCC(F)(F)F)nc1)C(F)(F)F. The van der Waals surface area contributed by atoms with E-state index in [0.29, 0.717) is 12.3 Å². The number of aromatic nitrogens is 1. The molecule has 0 aliphatic heterocycles. The maximum atomic E-state index is 12.0. The second-order valence-electron chi connectivity index (χ2n) is 3.12. The smallest absolute Gasteiger partial charge is 0.454 e. The van der Waals surface area contributed by atoms with Gasteiger partial charge in [0.25, 0.3) is 5.78 Å². The quantitative estimate of drug-likeness (QED) is 0.628. The monoisotopic (exact) mass is 273 g/mol. The highest BCUT2D eigenvalue weighted by molar-refractivity contribution is 5.99. The van der Waals surface area contributed by atoms with E-state index in [1.807, 2.05) is 0 Å². The molecule has 0 bridgehead atoms. The number of halogens is 6. The fourth-order valence-corrected chi connectivity index (χ4v) is 0.919. The molecule has 1 heterocycles. The molecule has 0 aromatic carbocycles. The summed E-state index contributed by atoms with van der Waals surface area (Å²) in [5, 5.41) is 0. The van der Waals surface area contributed by atoms with Crippen LogP contribution < -0.4 is 4.74 Å². The van der Waals surface area contributed by atoms with Gasteiger partial charge in [0.1, 0.15) is 0 Å². The standard InChI is InChI=1S/C9H5F6NO2/c10-8(11,12)4-18-6-2-1-5(3-16-6)7(17)9(13,14)15/h1-3H,4H2. The number of carbonyl (C=O) groups excluding carboxylic acids is 1. The number of carbonyl (C=O) groups is 1. The highest BCUT2D eigenvalue weighted by Crippen LogP contribution is 2.22. The van der Waals surface area contributed by atoms with Crippen LogP contribution in [0.4, 0.5) is 26.3 Å². The van der Waals surface area contributed by atoms with Gasteiger partial charge in [-0.15, -0.1) is 0 Å². The summed E-state index contributed by atoms with van der Waals surface area (Å²) >= 11 is 0. The Morgan fingerprint density at radius 3 is 2.17 bits per heavy atom. The van der Waals surface area contributed by atoms with Gasteiger partial charge in [0, 0.05) is 17.8 Å². The molecule has 0 saturated heterocycles. The third kappa shape index (κ3) is 4.22. The summed E-state index contributed by atoms with van der Waals surface area (Å²) in [4.78, 5) is 13.9. The van der Waals surface area contributed by atoms with Gasteiger partial charge in [0.15, 0.2) is 6.61 Å². The minimum atomic E-state index is -5.06. The van der Waals surface area contributed by atoms with E-state index in [-0.39, 0.29) is 0 Å². The van der Waals surface area contributed by atoms with Gasteiger partial charge in [0.2, 0.25) is 5.88 Å². The molecule has 1 aromatic heterocycles. The van der Waals surface area contributed by atoms with Crippen molar-refractivity contribution in [1.82, 2.24) is 4.98 Å². The Labute approximate surface area is 96.4 Å². The third-order valence-corrected chi connectivity index (χ3v) is 1.64. The number of Topliss-reactive ketones (excluding diaryl/α,β-unsaturated/α-hetero) is 1. The van der Waals surface area contributed by atoms with E-state index in [1.54, 1.807) is 0 Å². The summed E-state index contributed by atoms with van der Waals surface area (Å²) in [6, 6.07) is 1.44. The first kappa shape index (κ1) is 14.3. The fraction of sp³-hybridized carbons (Fsp3) is 0.333. The lowest BCUT2D eigenvalue weighted by atomic mass is 10.2. The van der Waals surface area contributed by atoms with Crippen LogP contribution in [0.1, 0.15) is 10.4 Å². The van der Waals surface area contributed by atoms with Gasteiger partial charge in [-0.05, 0) is 6.07 Å². The van der Waals surface area contributed by atoms with Gasteiger partial charge < -0.3 is 4.74 Å². The zero-order valence-electron chi connectivity index (χ0n) is 8.47. The van der Waals surface area contributed by atoms with Crippen LogP contribution in [-0.2, 0) is 0 Å². The average molecular weight is 273 g/mol. The number of ketones is 1. The lowest BCUT2D eigenvalue weighted by Gasteiger charge is -2.09. The number of pyridine rings is 1. The largest absolute Gasteiger partial charge is 0.468 e. The summed E-state index contributed by atoms with van der Waals surface area (Å²) < 4.78 is 75.4. The van der Waals surface area contributed by atoms with Crippen LogP contribution in [0.25, 0.3) is 0 Å². The lowest BCUT2D eigenvalue weighted by molar-refractivity contribution is -0.154. The normalized spacial score (nSPS) is 12.3. The van der Waals surface area contributed by atoms with Crippen molar-refractivity contribution in [3.8, 4) is 5.88 Å². The molecule has 1 rings (SSSR count). The minimum Gasteiger partial charge on any atom is -0.468 e. The zero-order chi connectivity index (χ0) is 14.0. The Hall–Kier alpha value is -1.80. The summed E-state index contributed by atoms with van der Waals surface area (Å²) in [5.74, 6) is -2.65. The van der Waals surface area contributed by atoms with Crippen LogP contribution in [0.5, 0.6) is 5.88 Å². The van der Waals surface area contributed by atoms with Gasteiger partial charge in [-0.2, -0.15) is 26.3 Å². The van der Waals surface area contributed by atoms with Crippen molar-refractivity contribution < 1.29 is 35.9 Å². The predicted molar refractivity (Wildman–Crippen MR) is 46.2 cm³/mol. The lowest BCUT2D eigenvalue weighted by Crippen LogP contribution is -2.23. The van der Waals surface area contributed by atoms with E-state index in [1.165, 1.54) is 0 Å². The molecule has 0 N–H and O–H groups in total. The van der Waals surface area contributed by atoms with E-state index in [9.17, 15) is 31.1 Å². The first-order valence-electron chi connectivity index (χ1n) is 4.37. The third-order valence-electron chi connectivity index (χ3n) is 1.64. The molecule has 0 fully saturated rings. The van der Waals surface area contributed by atoms with Crippen LogP contribution in [0.15, 0.2) is 18.3 Å². The molecule has 0 radical (unpaired) electrons. The molecular weight excluding hydrogens is 268 g/mol. The molecular formula is C9H5F6NO2. The maximum absolute atomic E-state index is 12.0. The van der Waals surface area contributed by atoms with Crippen LogP contribution in [-0.4, -0.2) is 29.7 Å². The van der Waals surface area contributed by atoms with Crippen LogP contribution in [0, 0.1) is 0 Å². The Kier molecular flexibility index (Phi) is 3.82. The molecule has 0 aliphatic carbocycles. The molecule has 0 aliphatic rings. The number of rotatable bonds is 3. The highest BCUT2D eigenvalue weighted by Gasteiger charge is 2.39. The van der Waals surface area contributed by atoms with E-state index < -0.39 is 36.2 Å². The summed E-state index contributed by atoms with van der Waals surface area (Å²) in [5.41, 5.74) is -0.776. The molecule has 0 amide bonds. The van der Waals surface area contributed by atoms with Crippen molar-refractivity contribution in [2.24, 2.45) is 0 Å². The summed E-state index contributed by atoms with van der Waals surface area (Å²) in [7, 11) is 0. The fourth-order valence-electron chi connectivity index (χ4n) is 0.919. The molecule has 0 atom stereocenters. The summed E-state index contributed by atoms with van der Waals surface area (Å²) in [6.07, 6.45) is -9.14. The van der Waals surface area contributed by atoms with Crippen LogP contribution >= 0.6 is 0 Å². The molecule has 1 aromatic rings. The van der Waals surface area contributed by atoms with Crippen molar-refractivity contribution in [2.45, 2.75) is 12.4 Å². The Morgan fingerprint density at radius 2 is 1.78 bits per heavy atom. The van der Waals surface area contributed by atoms with Crippen molar-refractivity contribution in [1.29, 1.82) is 0 Å². The number of nitrogens with zero attached hydrogens (tertiary/aromatic N) is 1. The Bertz CT molecular complexity index is 422. The Balaban J connectivity index is 2.72. The molecule has 3 nitrogen and oxygen atoms in total. The number of ether oxygens (including phenoxy) is 1. The average Bonchev–Trinajstić information content (AvgIpc) is 2.24. The predicted octanol–water partition coefficient (Wildman–Crippen LogP) is 2.77. The van der Waals surface area contributed by atoms with E-state index >= 15 is 0 Å². The zero-order valence-corrected chi connectivity index (χ0v) is 8.47. The first-order valence-corrected chi connectivity index (χ1v) is 4.37. The van der Waals surface area contributed by atoms with Crippen molar-refractivity contribution >= 4 is 5.78 Å². The van der Waals surface area contributed by atoms with Gasteiger partial charge in [-0.3, -0.25) is 4.79 Å². The first-order chi connectivity index (χ1) is 8.09. The van der Waals surface area contributed by atoms with E-state index in [4.69, 9.17) is 0 Å². The summed E-state index contributed by atoms with van der Waals surface area (Å²) in [6.45, 7) is -1.62. The number of alkyl halides is 6. The minimum absolute atomic E-state index is 0.502. The number of hydrogen-bond acceptors (Lipinski definition) is 3.